The van der Waals surface area contributed by atoms with Crippen molar-refractivity contribution in [1.29, 1.82) is 5.26 Å². The number of hydrogen-bond donors (Lipinski definition) is 0. The highest BCUT2D eigenvalue weighted by molar-refractivity contribution is 6.43. The fraction of sp³-hybridized carbons (Fsp3) is 0.0465. The molecule has 10 aromatic carbocycles. The van der Waals surface area contributed by atoms with Gasteiger partial charge < -0.3 is 0 Å². The van der Waals surface area contributed by atoms with Crippen molar-refractivity contribution in [3.05, 3.63) is 132 Å². The highest BCUT2D eigenvalue weighted by Gasteiger charge is 2.23. The van der Waals surface area contributed by atoms with Gasteiger partial charge in [0.25, 0.3) is 0 Å². The zero-order valence-electron chi connectivity index (χ0n) is 24.4. The van der Waals surface area contributed by atoms with Gasteiger partial charge in [-0.25, -0.2) is 0 Å². The van der Waals surface area contributed by atoms with Gasteiger partial charge in [-0.15, -0.1) is 0 Å². The molecule has 44 heavy (non-hydrogen) atoms. The number of nitriles is 1. The first kappa shape index (κ1) is 23.8. The second-order valence-electron chi connectivity index (χ2n) is 12.5. The quantitative estimate of drug-likeness (QED) is 0.185. The summed E-state index contributed by atoms with van der Waals surface area (Å²) in [5, 5.41) is 30.5. The van der Waals surface area contributed by atoms with Crippen LogP contribution in [0, 0.1) is 25.2 Å². The van der Waals surface area contributed by atoms with Gasteiger partial charge in [-0.2, -0.15) is 5.26 Å². The Bertz CT molecular complexity index is 2870. The monoisotopic (exact) mass is 555 g/mol. The molecule has 0 aliphatic heterocycles. The number of fused-ring (bicyclic) bond motifs is 10. The van der Waals surface area contributed by atoms with Gasteiger partial charge >= 0.3 is 0 Å². The minimum absolute atomic E-state index is 0.678. The molecular weight excluding hydrogens is 530 g/mol. The molecule has 0 aliphatic carbocycles. The Kier molecular flexibility index (Phi) is 4.45. The van der Waals surface area contributed by atoms with E-state index in [0.717, 1.165) is 5.56 Å². The molecule has 0 fully saturated rings. The molecule has 0 aliphatic rings. The van der Waals surface area contributed by atoms with E-state index in [1.54, 1.807) is 0 Å². The van der Waals surface area contributed by atoms with Crippen molar-refractivity contribution in [2.24, 2.45) is 0 Å². The highest BCUT2D eigenvalue weighted by atomic mass is 14.3. The van der Waals surface area contributed by atoms with E-state index in [-0.39, 0.29) is 0 Å². The van der Waals surface area contributed by atoms with E-state index in [9.17, 15) is 5.26 Å². The summed E-state index contributed by atoms with van der Waals surface area (Å²) in [5.74, 6) is 0. The van der Waals surface area contributed by atoms with Gasteiger partial charge in [0.2, 0.25) is 0 Å². The average Bonchev–Trinajstić information content (AvgIpc) is 3.53. The summed E-state index contributed by atoms with van der Waals surface area (Å²) >= 11 is 0. The van der Waals surface area contributed by atoms with Gasteiger partial charge in [0.15, 0.2) is 0 Å². The van der Waals surface area contributed by atoms with E-state index < -0.39 is 0 Å². The van der Waals surface area contributed by atoms with Gasteiger partial charge in [-0.3, -0.25) is 0 Å². The van der Waals surface area contributed by atoms with Gasteiger partial charge in [0.1, 0.15) is 0 Å². The first-order valence-electron chi connectivity index (χ1n) is 15.2. The van der Waals surface area contributed by atoms with Crippen LogP contribution < -0.4 is 0 Å². The summed E-state index contributed by atoms with van der Waals surface area (Å²) in [4.78, 5) is 0. The second-order valence-corrected chi connectivity index (χ2v) is 12.5. The smallest absolute Gasteiger partial charge is 0.0991 e. The molecule has 202 valence electrons. The van der Waals surface area contributed by atoms with E-state index in [0.29, 0.717) is 5.56 Å². The zero-order valence-corrected chi connectivity index (χ0v) is 24.4. The normalized spacial score (nSPS) is 12.3. The lowest BCUT2D eigenvalue weighted by Gasteiger charge is -2.15. The van der Waals surface area contributed by atoms with Crippen LogP contribution in [0.1, 0.15) is 16.7 Å². The maximum absolute atomic E-state index is 9.64. The number of aryl methyl sites for hydroxylation is 2. The SMILES string of the molecule is Cc1cc2c3ccccc3c3cc4cc5c6cc7ccccc7c7cc(C)cc(c5c(-c5ccc(C#N)cc5)c4c(c1)c23)c76. The number of rotatable bonds is 1. The molecule has 0 N–H and O–H groups in total. The number of benzene rings is 8. The van der Waals surface area contributed by atoms with Crippen molar-refractivity contribution in [2.45, 2.75) is 13.8 Å². The van der Waals surface area contributed by atoms with Crippen molar-refractivity contribution in [2.75, 3.05) is 0 Å². The Morgan fingerprint density at radius 2 is 0.886 bits per heavy atom. The fourth-order valence-electron chi connectivity index (χ4n) is 8.27. The molecule has 0 amide bonds. The second kappa shape index (κ2) is 8.22. The van der Waals surface area contributed by atoms with Crippen molar-refractivity contribution < 1.29 is 0 Å². The highest BCUT2D eigenvalue weighted by Crippen LogP contribution is 2.51. The molecule has 0 unspecified atom stereocenters. The standard InChI is InChI=1S/C43H25N/c1-23-15-32-29-8-4-3-7-27(29)19-35-36-21-28-20-34-31-10-6-5-9-30(31)33-16-24(2)17-37(42(33)34)39(28)40(43(36)38(18-23)41(32)35)26-13-11-25(22-44)12-14-26/h3-21H,1-2H3. The van der Waals surface area contributed by atoms with Crippen LogP contribution in [0.25, 0.3) is 97.3 Å². The van der Waals surface area contributed by atoms with E-state index in [1.165, 1.54) is 103 Å². The molecule has 0 atom stereocenters. The van der Waals surface area contributed by atoms with E-state index in [2.05, 4.69) is 123 Å². The molecule has 0 heterocycles. The predicted molar refractivity (Wildman–Crippen MR) is 188 cm³/mol. The molecule has 0 saturated heterocycles. The van der Waals surface area contributed by atoms with Crippen LogP contribution in [0.5, 0.6) is 0 Å². The minimum atomic E-state index is 0.678. The lowest BCUT2D eigenvalue weighted by Crippen LogP contribution is -1.88. The molecule has 0 spiro atoms. The third kappa shape index (κ3) is 2.93. The Morgan fingerprint density at radius 1 is 0.409 bits per heavy atom. The third-order valence-corrected chi connectivity index (χ3v) is 9.95. The van der Waals surface area contributed by atoms with Crippen LogP contribution in [0.15, 0.2) is 115 Å². The van der Waals surface area contributed by atoms with Crippen molar-refractivity contribution >= 4 is 86.2 Å². The van der Waals surface area contributed by atoms with Gasteiger partial charge in [0, 0.05) is 0 Å². The number of nitrogens with zero attached hydrogens (tertiary/aromatic N) is 1. The van der Waals surface area contributed by atoms with Crippen molar-refractivity contribution in [3.63, 3.8) is 0 Å². The van der Waals surface area contributed by atoms with Crippen LogP contribution in [0.2, 0.25) is 0 Å². The first-order valence-corrected chi connectivity index (χ1v) is 15.2. The zero-order chi connectivity index (χ0) is 29.3. The molecule has 1 heteroatoms. The molecular formula is C43H25N. The lowest BCUT2D eigenvalue weighted by molar-refractivity contribution is 1.49. The summed E-state index contributed by atoms with van der Waals surface area (Å²) in [6.07, 6.45) is 0. The van der Waals surface area contributed by atoms with E-state index in [1.807, 2.05) is 12.1 Å². The predicted octanol–water partition coefficient (Wildman–Crippen LogP) is 11.9. The van der Waals surface area contributed by atoms with Gasteiger partial charge in [-0.05, 0) is 153 Å². The summed E-state index contributed by atoms with van der Waals surface area (Å²) in [6.45, 7) is 4.43. The van der Waals surface area contributed by atoms with Crippen LogP contribution in [0.3, 0.4) is 0 Å². The van der Waals surface area contributed by atoms with Crippen LogP contribution in [-0.4, -0.2) is 0 Å². The Balaban J connectivity index is 1.54. The van der Waals surface area contributed by atoms with Crippen molar-refractivity contribution in [3.8, 4) is 17.2 Å². The maximum atomic E-state index is 9.64. The molecule has 0 bridgehead atoms. The van der Waals surface area contributed by atoms with Crippen LogP contribution in [-0.2, 0) is 0 Å². The molecule has 10 aromatic rings. The van der Waals surface area contributed by atoms with Crippen molar-refractivity contribution in [1.82, 2.24) is 0 Å². The molecule has 10 rings (SSSR count). The Labute approximate surface area is 253 Å². The average molecular weight is 556 g/mol. The fourth-order valence-corrected chi connectivity index (χ4v) is 8.27. The summed E-state index contributed by atoms with van der Waals surface area (Å²) in [7, 11) is 0. The van der Waals surface area contributed by atoms with Crippen LogP contribution in [0.4, 0.5) is 0 Å². The summed E-state index contributed by atoms with van der Waals surface area (Å²) in [5.41, 5.74) is 5.61. The lowest BCUT2D eigenvalue weighted by atomic mass is 9.88. The Morgan fingerprint density at radius 3 is 1.55 bits per heavy atom. The Hall–Kier alpha value is -5.71. The summed E-state index contributed by atoms with van der Waals surface area (Å²) < 4.78 is 0. The topological polar surface area (TPSA) is 23.8 Å². The maximum Gasteiger partial charge on any atom is 0.0991 e. The first-order chi connectivity index (χ1) is 21.6. The number of hydrogen-bond acceptors (Lipinski definition) is 1. The van der Waals surface area contributed by atoms with Gasteiger partial charge in [0.05, 0.1) is 11.6 Å². The largest absolute Gasteiger partial charge is 0.192 e. The summed E-state index contributed by atoms with van der Waals surface area (Å²) in [6, 6.07) is 44.9. The molecule has 0 radical (unpaired) electrons. The minimum Gasteiger partial charge on any atom is -0.192 e. The van der Waals surface area contributed by atoms with E-state index >= 15 is 0 Å². The van der Waals surface area contributed by atoms with E-state index in [4.69, 9.17) is 0 Å². The molecule has 1 nitrogen and oxygen atoms in total. The van der Waals surface area contributed by atoms with Crippen LogP contribution >= 0.6 is 0 Å². The third-order valence-electron chi connectivity index (χ3n) is 9.95. The van der Waals surface area contributed by atoms with Gasteiger partial charge in [-0.1, -0.05) is 84.9 Å². The molecule has 0 saturated carbocycles. The molecule has 0 aromatic heterocycles.